The topological polar surface area (TPSA) is 85.2 Å². The van der Waals surface area contributed by atoms with Crippen molar-refractivity contribution in [1.82, 2.24) is 0 Å². The van der Waals surface area contributed by atoms with E-state index < -0.39 is 30.0 Å². The molecule has 0 aromatic heterocycles. The van der Waals surface area contributed by atoms with Crippen molar-refractivity contribution < 1.29 is 29.2 Å². The molecule has 2 saturated heterocycles. The van der Waals surface area contributed by atoms with Crippen LogP contribution in [0.15, 0.2) is 24.8 Å². The quantitative estimate of drug-likeness (QED) is 0.179. The summed E-state index contributed by atoms with van der Waals surface area (Å²) in [5.41, 5.74) is 0. The summed E-state index contributed by atoms with van der Waals surface area (Å²) in [6.07, 6.45) is 10.9. The van der Waals surface area contributed by atoms with Gasteiger partial charge in [0.15, 0.2) is 11.6 Å². The third kappa shape index (κ3) is 9.78. The average Bonchev–Trinajstić information content (AvgIpc) is 2.92. The molecule has 39 heavy (non-hydrogen) atoms. The fraction of sp³-hybridized carbons (Fsp3) is 0.848. The number of aliphatic hydroxyl groups excluding tert-OH is 2. The SMILES string of the molecule is C=C[C@@H](C)CC[C@@H]1O[C@@]2(CC[C@H]1C)CC[C@H](C)[C@H]([C@H](C)CC[C@H](O)[C@H](C)C(=O)/C=C/[C@H](OC)[C@H](O)C(C)C)O2. The molecule has 2 fully saturated rings. The first kappa shape index (κ1) is 34.2. The number of hydrogen-bond donors (Lipinski definition) is 2. The molecular formula is C33H58O6. The lowest BCUT2D eigenvalue weighted by molar-refractivity contribution is -0.338. The van der Waals surface area contributed by atoms with Gasteiger partial charge in [0, 0.05) is 25.9 Å². The van der Waals surface area contributed by atoms with Crippen molar-refractivity contribution in [1.29, 1.82) is 0 Å². The summed E-state index contributed by atoms with van der Waals surface area (Å²) in [4.78, 5) is 12.7. The van der Waals surface area contributed by atoms with Crippen molar-refractivity contribution >= 4 is 5.78 Å². The van der Waals surface area contributed by atoms with E-state index in [9.17, 15) is 15.0 Å². The molecular weight excluding hydrogens is 492 g/mol. The zero-order valence-electron chi connectivity index (χ0n) is 26.0. The molecule has 1 spiro atoms. The molecule has 6 heteroatoms. The lowest BCUT2D eigenvalue weighted by Gasteiger charge is -2.51. The van der Waals surface area contributed by atoms with E-state index in [1.807, 2.05) is 19.9 Å². The first-order chi connectivity index (χ1) is 18.3. The van der Waals surface area contributed by atoms with Crippen LogP contribution in [-0.2, 0) is 19.0 Å². The zero-order chi connectivity index (χ0) is 29.3. The number of ether oxygens (including phenoxy) is 3. The van der Waals surface area contributed by atoms with Crippen molar-refractivity contribution in [2.75, 3.05) is 7.11 Å². The van der Waals surface area contributed by atoms with Crippen LogP contribution in [0.2, 0.25) is 0 Å². The van der Waals surface area contributed by atoms with Gasteiger partial charge in [0.1, 0.15) is 6.10 Å². The first-order valence-corrected chi connectivity index (χ1v) is 15.4. The van der Waals surface area contributed by atoms with Gasteiger partial charge in [0.05, 0.1) is 24.4 Å². The molecule has 0 saturated carbocycles. The summed E-state index contributed by atoms with van der Waals surface area (Å²) in [7, 11) is 1.52. The number of hydrogen-bond acceptors (Lipinski definition) is 6. The lowest BCUT2D eigenvalue weighted by Crippen LogP contribution is -2.53. The minimum atomic E-state index is -0.739. The Balaban J connectivity index is 1.93. The Kier molecular flexibility index (Phi) is 13.8. The maximum absolute atomic E-state index is 12.7. The van der Waals surface area contributed by atoms with Crippen molar-refractivity contribution in [3.05, 3.63) is 24.8 Å². The number of methoxy groups -OCH3 is 1. The number of carbonyl (C=O) groups excluding carboxylic acids is 1. The van der Waals surface area contributed by atoms with Gasteiger partial charge in [-0.05, 0) is 80.3 Å². The van der Waals surface area contributed by atoms with Crippen LogP contribution in [0.3, 0.4) is 0 Å². The second-order valence-corrected chi connectivity index (χ2v) is 13.1. The van der Waals surface area contributed by atoms with Gasteiger partial charge >= 0.3 is 0 Å². The lowest BCUT2D eigenvalue weighted by atomic mass is 9.79. The molecule has 0 amide bonds. The number of ketones is 1. The normalized spacial score (nSPS) is 32.6. The van der Waals surface area contributed by atoms with E-state index in [1.165, 1.54) is 13.2 Å². The standard InChI is InChI=1S/C33H58O6/c1-10-22(4)11-15-29-23(5)17-19-33(38-29)20-18-25(7)32(39-33)24(6)12-13-27(34)26(8)28(35)14-16-30(37-9)31(36)21(2)3/h10,14,16,21-27,29-32,34,36H,1,11-13,15,17-20H2,2-9H3/b16-14+/t22-,23-,24-,25+,26+,27+,29+,30+,31-,32+,33-/m1/s1. The van der Waals surface area contributed by atoms with Crippen LogP contribution >= 0.6 is 0 Å². The van der Waals surface area contributed by atoms with Crippen LogP contribution in [0.4, 0.5) is 0 Å². The summed E-state index contributed by atoms with van der Waals surface area (Å²) < 4.78 is 18.9. The Hall–Kier alpha value is -1.05. The molecule has 226 valence electrons. The van der Waals surface area contributed by atoms with Gasteiger partial charge in [-0.3, -0.25) is 4.79 Å². The van der Waals surface area contributed by atoms with Gasteiger partial charge in [-0.15, -0.1) is 6.58 Å². The minimum Gasteiger partial charge on any atom is -0.392 e. The van der Waals surface area contributed by atoms with E-state index in [2.05, 4.69) is 34.3 Å². The molecule has 6 nitrogen and oxygen atoms in total. The predicted octanol–water partition coefficient (Wildman–Crippen LogP) is 6.49. The molecule has 11 atom stereocenters. The van der Waals surface area contributed by atoms with Crippen LogP contribution < -0.4 is 0 Å². The molecule has 2 aliphatic heterocycles. The number of rotatable bonds is 15. The van der Waals surface area contributed by atoms with Crippen LogP contribution in [0.1, 0.15) is 99.8 Å². The maximum atomic E-state index is 12.7. The monoisotopic (exact) mass is 550 g/mol. The maximum Gasteiger partial charge on any atom is 0.169 e. The van der Waals surface area contributed by atoms with Crippen LogP contribution in [-0.4, -0.2) is 59.4 Å². The predicted molar refractivity (Wildman–Crippen MR) is 157 cm³/mol. The Labute approximate surface area is 238 Å². The highest BCUT2D eigenvalue weighted by Crippen LogP contribution is 2.45. The number of aliphatic hydroxyl groups is 2. The molecule has 0 radical (unpaired) electrons. The highest BCUT2D eigenvalue weighted by Gasteiger charge is 2.47. The number of carbonyl (C=O) groups is 1. The second-order valence-electron chi connectivity index (χ2n) is 13.1. The Bertz CT molecular complexity index is 776. The van der Waals surface area contributed by atoms with Gasteiger partial charge in [-0.25, -0.2) is 0 Å². The average molecular weight is 551 g/mol. The highest BCUT2D eigenvalue weighted by molar-refractivity contribution is 5.91. The van der Waals surface area contributed by atoms with E-state index in [-0.39, 0.29) is 29.8 Å². The largest absolute Gasteiger partial charge is 0.392 e. The van der Waals surface area contributed by atoms with Crippen molar-refractivity contribution in [2.45, 2.75) is 136 Å². The molecule has 2 rings (SSSR count). The Morgan fingerprint density at radius 1 is 1.03 bits per heavy atom. The van der Waals surface area contributed by atoms with Gasteiger partial charge in [0.25, 0.3) is 0 Å². The van der Waals surface area contributed by atoms with Gasteiger partial charge < -0.3 is 24.4 Å². The fourth-order valence-corrected chi connectivity index (χ4v) is 6.05. The molecule has 0 unspecified atom stereocenters. The zero-order valence-corrected chi connectivity index (χ0v) is 26.0. The summed E-state index contributed by atoms with van der Waals surface area (Å²) >= 11 is 0. The minimum absolute atomic E-state index is 0.0111. The Morgan fingerprint density at radius 2 is 1.67 bits per heavy atom. The van der Waals surface area contributed by atoms with Crippen molar-refractivity contribution in [2.24, 2.45) is 35.5 Å². The third-order valence-corrected chi connectivity index (χ3v) is 9.43. The van der Waals surface area contributed by atoms with E-state index in [4.69, 9.17) is 14.2 Å². The third-order valence-electron chi connectivity index (χ3n) is 9.43. The molecule has 0 bridgehead atoms. The van der Waals surface area contributed by atoms with Crippen LogP contribution in [0.5, 0.6) is 0 Å². The van der Waals surface area contributed by atoms with Gasteiger partial charge in [0.2, 0.25) is 0 Å². The first-order valence-electron chi connectivity index (χ1n) is 15.4. The summed E-state index contributed by atoms with van der Waals surface area (Å²) in [6, 6.07) is 0. The summed E-state index contributed by atoms with van der Waals surface area (Å²) in [6.45, 7) is 18.5. The molecule has 0 aliphatic carbocycles. The van der Waals surface area contributed by atoms with Crippen LogP contribution in [0, 0.1) is 35.5 Å². The van der Waals surface area contributed by atoms with E-state index in [1.54, 1.807) is 13.0 Å². The second kappa shape index (κ2) is 15.8. The molecule has 2 heterocycles. The van der Waals surface area contributed by atoms with E-state index >= 15 is 0 Å². The van der Waals surface area contributed by atoms with Crippen LogP contribution in [0.25, 0.3) is 0 Å². The molecule has 2 N–H and O–H groups in total. The molecule has 2 aliphatic rings. The van der Waals surface area contributed by atoms with Crippen molar-refractivity contribution in [3.63, 3.8) is 0 Å². The van der Waals surface area contributed by atoms with E-state index in [0.717, 1.165) is 44.9 Å². The fourth-order valence-electron chi connectivity index (χ4n) is 6.05. The van der Waals surface area contributed by atoms with Crippen molar-refractivity contribution in [3.8, 4) is 0 Å². The smallest absolute Gasteiger partial charge is 0.169 e. The van der Waals surface area contributed by atoms with E-state index in [0.29, 0.717) is 24.2 Å². The van der Waals surface area contributed by atoms with Gasteiger partial charge in [-0.1, -0.05) is 54.5 Å². The molecule has 0 aromatic rings. The number of allylic oxidation sites excluding steroid dienone is 2. The summed E-state index contributed by atoms with van der Waals surface area (Å²) in [5.74, 6) is 0.514. The molecule has 0 aromatic carbocycles. The highest BCUT2D eigenvalue weighted by atomic mass is 16.7. The Morgan fingerprint density at radius 3 is 2.26 bits per heavy atom. The van der Waals surface area contributed by atoms with Gasteiger partial charge in [-0.2, -0.15) is 0 Å². The summed E-state index contributed by atoms with van der Waals surface area (Å²) in [5, 5.41) is 21.1.